The van der Waals surface area contributed by atoms with Crippen molar-refractivity contribution in [1.29, 1.82) is 0 Å². The zero-order valence-electron chi connectivity index (χ0n) is 55.0. The number of allylic oxidation sites excluding steroid dienone is 10. The molecule has 0 saturated carbocycles. The Morgan fingerprint density at radius 3 is 1.66 bits per heavy atom. The molecule has 6 heterocycles. The predicted octanol–water partition coefficient (Wildman–Crippen LogP) is 14.2. The third kappa shape index (κ3) is 15.3. The van der Waals surface area contributed by atoms with Gasteiger partial charge in [-0.25, -0.2) is 0 Å². The minimum absolute atomic E-state index is 0.0391. The van der Waals surface area contributed by atoms with Crippen molar-refractivity contribution in [2.45, 2.75) is 154 Å². The molecule has 10 nitrogen and oxygen atoms in total. The normalized spacial score (nSPS) is 19.8. The van der Waals surface area contributed by atoms with Gasteiger partial charge in [-0.15, -0.1) is 0 Å². The van der Waals surface area contributed by atoms with Gasteiger partial charge in [0.2, 0.25) is 11.6 Å². The number of carbonyl (C=O) groups excluding carboxylic acids is 3. The van der Waals surface area contributed by atoms with Crippen LogP contribution in [0.5, 0.6) is 0 Å². The second-order valence-corrected chi connectivity index (χ2v) is 50.0. The standard InChI is InChI=1S/C74H94As2N6O4S4/c1-71(2)56-28-20-22-30-60(56)79(9)64(71)32-15-11-16-33-65-72(3,4)57-29-21-23-31-61(57)80(65)45-24-12-17-36-68(83)77-43-44-78-69(84)37-18-13-25-46-81-62-41-39-54(75-87-48-49-88-75)52-58(62)73(5,6)66(81)34-27-35-67-74(7,8)59-53-55(76-89-50-51-90-76)40-42-63(59)82(67)47-26-14-19-38-70(85)86-10/h11,15-16,20-23,27-35,39-42,52-53H,12-14,17-19,24-26,36-38,43-51H2,1-10H3/p+2. The molecular weight excluding hydrogens is 1310 g/mol. The summed E-state index contributed by atoms with van der Waals surface area (Å²) in [5.41, 5.74) is 15.4. The van der Waals surface area contributed by atoms with Gasteiger partial charge in [0.25, 0.3) is 0 Å². The Morgan fingerprint density at radius 2 is 1.03 bits per heavy atom. The summed E-state index contributed by atoms with van der Waals surface area (Å²) >= 11 is -2.35. The number of unbranched alkanes of at least 4 members (excludes halogenated alkanes) is 6. The van der Waals surface area contributed by atoms with Gasteiger partial charge >= 0.3 is 329 Å². The summed E-state index contributed by atoms with van der Waals surface area (Å²) in [6.45, 7) is 22.4. The van der Waals surface area contributed by atoms with Gasteiger partial charge < -0.3 is 10.2 Å². The van der Waals surface area contributed by atoms with Crippen molar-refractivity contribution in [3.63, 3.8) is 0 Å². The first-order valence-electron chi connectivity index (χ1n) is 32.8. The van der Waals surface area contributed by atoms with Crippen LogP contribution in [0.3, 0.4) is 0 Å². The zero-order chi connectivity index (χ0) is 63.6. The number of fused-ring (bicyclic) bond motifs is 4. The number of methoxy groups -OCH3 is 1. The molecule has 0 aromatic heterocycles. The molecule has 2 amide bonds. The van der Waals surface area contributed by atoms with Crippen molar-refractivity contribution in [3.8, 4) is 0 Å². The summed E-state index contributed by atoms with van der Waals surface area (Å²) in [5.74, 6) is 5.00. The zero-order valence-corrected chi connectivity index (χ0v) is 62.0. The third-order valence-electron chi connectivity index (χ3n) is 19.0. The van der Waals surface area contributed by atoms with Crippen molar-refractivity contribution >= 4 is 125 Å². The van der Waals surface area contributed by atoms with Crippen LogP contribution in [0.2, 0.25) is 0 Å². The van der Waals surface area contributed by atoms with Crippen LogP contribution >= 0.6 is 40.1 Å². The number of rotatable bonds is 28. The van der Waals surface area contributed by atoms with Gasteiger partial charge in [0.05, 0.1) is 12.5 Å². The molecule has 10 rings (SSSR count). The average Bonchev–Trinajstić information content (AvgIpc) is 1.63. The molecule has 0 bridgehead atoms. The predicted molar refractivity (Wildman–Crippen MR) is 391 cm³/mol. The molecule has 0 radical (unpaired) electrons. The van der Waals surface area contributed by atoms with Crippen molar-refractivity contribution in [3.05, 3.63) is 167 Å². The number of nitrogens with zero attached hydrogens (tertiary/aromatic N) is 4. The summed E-state index contributed by atoms with van der Waals surface area (Å²) in [7, 11) is 12.5. The third-order valence-corrected chi connectivity index (χ3v) is 46.4. The van der Waals surface area contributed by atoms with Gasteiger partial charge in [0.1, 0.15) is 7.05 Å². The van der Waals surface area contributed by atoms with Crippen LogP contribution in [0.15, 0.2) is 145 Å². The Bertz CT molecular complexity index is 3520. The average molecular weight is 1410 g/mol. The van der Waals surface area contributed by atoms with Gasteiger partial charge in [-0.2, -0.15) is 4.58 Å². The molecule has 0 spiro atoms. The molecule has 2 N–H and O–H groups in total. The Labute approximate surface area is 560 Å². The van der Waals surface area contributed by atoms with Gasteiger partial charge in [0.15, 0.2) is 5.71 Å². The summed E-state index contributed by atoms with van der Waals surface area (Å²) < 4.78 is 13.0. The SMILES string of the molecule is COC(=O)CCCCCN1C(=CC=CC2=[N+](CCCCCC(=O)NCCNC(=O)CCCCCN3C(=CC=CC=CC4=[N+](C)c5ccccc5C4(C)C)C(C)(C)c4ccccc43)c3ccc([As]4SCCS4)cc3C2(C)C)C(C)(C)c2cc([As]3SCCS3)ccc21. The molecular formula is C74H96As2N6O4S4+2. The number of benzene rings is 4. The number of hydrogen-bond acceptors (Lipinski definition) is 10. The first-order valence-corrected chi connectivity index (χ1v) is 47.6. The summed E-state index contributed by atoms with van der Waals surface area (Å²) in [6, 6.07) is 32.2. The number of anilines is 2. The number of hydrogen-bond donors (Lipinski definition) is 2. The van der Waals surface area contributed by atoms with Crippen LogP contribution < -0.4 is 29.1 Å². The van der Waals surface area contributed by atoms with E-state index < -0.39 is 24.7 Å². The summed E-state index contributed by atoms with van der Waals surface area (Å²) in [5, 5.41) is 6.13. The van der Waals surface area contributed by atoms with E-state index in [0.717, 1.165) is 77.4 Å². The van der Waals surface area contributed by atoms with E-state index in [1.165, 1.54) is 97.9 Å². The van der Waals surface area contributed by atoms with Gasteiger partial charge in [-0.3, -0.25) is 4.79 Å². The molecule has 16 heteroatoms. The second kappa shape index (κ2) is 30.7. The van der Waals surface area contributed by atoms with Crippen LogP contribution in [0.1, 0.15) is 155 Å². The van der Waals surface area contributed by atoms with Gasteiger partial charge in [-0.1, -0.05) is 74.9 Å². The fourth-order valence-electron chi connectivity index (χ4n) is 14.0. The van der Waals surface area contributed by atoms with Crippen LogP contribution in [0.25, 0.3) is 0 Å². The Balaban J connectivity index is 0.695. The minimum atomic E-state index is -1.18. The van der Waals surface area contributed by atoms with Crippen LogP contribution in [-0.4, -0.2) is 133 Å². The van der Waals surface area contributed by atoms with Gasteiger partial charge in [0, 0.05) is 60.6 Å². The number of amides is 2. The number of carbonyl (C=O) groups is 3. The summed E-state index contributed by atoms with van der Waals surface area (Å²) in [6.07, 6.45) is 27.8. The Hall–Kier alpha value is -4.55. The van der Waals surface area contributed by atoms with E-state index in [4.69, 9.17) is 4.74 Å². The fourth-order valence-corrected chi connectivity index (χ4v) is 42.3. The maximum atomic E-state index is 13.1. The topological polar surface area (TPSA) is 97.0 Å². The Kier molecular flexibility index (Phi) is 23.3. The number of esters is 1. The molecule has 0 aliphatic carbocycles. The van der Waals surface area contributed by atoms with E-state index in [1.807, 2.05) is 0 Å². The monoisotopic (exact) mass is 1410 g/mol. The van der Waals surface area contributed by atoms with Crippen molar-refractivity contribution < 1.29 is 28.3 Å². The van der Waals surface area contributed by atoms with Crippen LogP contribution in [0, 0.1) is 0 Å². The molecule has 2 saturated heterocycles. The molecule has 2 fully saturated rings. The van der Waals surface area contributed by atoms with Crippen molar-refractivity contribution in [1.82, 2.24) is 10.6 Å². The molecule has 478 valence electrons. The van der Waals surface area contributed by atoms with Crippen LogP contribution in [0.4, 0.5) is 22.7 Å². The molecule has 0 unspecified atom stereocenters. The van der Waals surface area contributed by atoms with E-state index in [2.05, 4.69) is 266 Å². The van der Waals surface area contributed by atoms with Crippen molar-refractivity contribution in [2.75, 3.05) is 79.7 Å². The van der Waals surface area contributed by atoms with Crippen LogP contribution in [-0.2, 0) is 40.8 Å². The number of nitrogens with one attached hydrogen (secondary N) is 2. The number of para-hydroxylation sites is 2. The van der Waals surface area contributed by atoms with Crippen molar-refractivity contribution in [2.24, 2.45) is 0 Å². The van der Waals surface area contributed by atoms with E-state index in [1.54, 1.807) is 8.70 Å². The summed E-state index contributed by atoms with van der Waals surface area (Å²) in [4.78, 5) is 43.1. The van der Waals surface area contributed by atoms with E-state index >= 15 is 0 Å². The van der Waals surface area contributed by atoms with E-state index in [-0.39, 0.29) is 39.4 Å². The molecule has 6 aliphatic heterocycles. The first-order chi connectivity index (χ1) is 43.3. The quantitative estimate of drug-likeness (QED) is 0.0188. The van der Waals surface area contributed by atoms with Gasteiger partial charge in [-0.05, 0) is 44.4 Å². The molecule has 4 aromatic carbocycles. The number of ether oxygens (including phenoxy) is 1. The van der Waals surface area contributed by atoms with E-state index in [0.29, 0.717) is 32.4 Å². The maximum absolute atomic E-state index is 13.1. The first kappa shape index (κ1) is 68.3. The fraction of sp³-hybridized carbons (Fsp3) is 0.473. The molecule has 0 atom stereocenters. The second-order valence-electron chi connectivity index (χ2n) is 26.5. The van der Waals surface area contributed by atoms with E-state index in [9.17, 15) is 14.4 Å². The molecule has 6 aliphatic rings. The Morgan fingerprint density at radius 1 is 0.522 bits per heavy atom. The molecule has 90 heavy (non-hydrogen) atoms. The molecule has 4 aromatic rings.